The quantitative estimate of drug-likeness (QED) is 0.700. The van der Waals surface area contributed by atoms with Crippen molar-refractivity contribution in [3.8, 4) is 5.75 Å². The van der Waals surface area contributed by atoms with E-state index in [1.54, 1.807) is 24.3 Å². The van der Waals surface area contributed by atoms with Crippen LogP contribution in [0.25, 0.3) is 0 Å². The second-order valence-electron chi connectivity index (χ2n) is 6.36. The van der Waals surface area contributed by atoms with Crippen LogP contribution in [0, 0.1) is 13.8 Å². The standard InChI is InChI=1S/C22H21N3O3/c1-14-8-9-15(2)18(12-14)25-21(26)16-10-11-23-19(13-16)22(27)24-17-6-4-5-7-20(17)28-3/h4-13H,1-3H3,(H,24,27)(H,25,26). The van der Waals surface area contributed by atoms with Gasteiger partial charge in [0.05, 0.1) is 12.8 Å². The molecule has 1 aromatic heterocycles. The SMILES string of the molecule is COc1ccccc1NC(=O)c1cc(C(=O)Nc2cc(C)ccc2C)ccn1. The molecule has 28 heavy (non-hydrogen) atoms. The number of methoxy groups -OCH3 is 1. The van der Waals surface area contributed by atoms with Crippen molar-refractivity contribution in [3.63, 3.8) is 0 Å². The second kappa shape index (κ2) is 8.35. The second-order valence-corrected chi connectivity index (χ2v) is 6.36. The number of rotatable bonds is 5. The van der Waals surface area contributed by atoms with Crippen LogP contribution < -0.4 is 15.4 Å². The van der Waals surface area contributed by atoms with E-state index in [1.807, 2.05) is 38.1 Å². The zero-order chi connectivity index (χ0) is 20.1. The fourth-order valence-corrected chi connectivity index (χ4v) is 2.70. The molecular weight excluding hydrogens is 354 g/mol. The average molecular weight is 375 g/mol. The van der Waals surface area contributed by atoms with Crippen molar-refractivity contribution in [1.82, 2.24) is 4.98 Å². The molecular formula is C22H21N3O3. The highest BCUT2D eigenvalue weighted by Gasteiger charge is 2.14. The van der Waals surface area contributed by atoms with E-state index in [9.17, 15) is 9.59 Å². The third kappa shape index (κ3) is 4.35. The van der Waals surface area contributed by atoms with Crippen LogP contribution in [0.4, 0.5) is 11.4 Å². The van der Waals surface area contributed by atoms with Gasteiger partial charge in [-0.25, -0.2) is 0 Å². The van der Waals surface area contributed by atoms with Crippen LogP contribution in [0.1, 0.15) is 32.0 Å². The van der Waals surface area contributed by atoms with Gasteiger partial charge in [-0.15, -0.1) is 0 Å². The Balaban J connectivity index is 1.78. The molecule has 6 heteroatoms. The van der Waals surface area contributed by atoms with Gasteiger partial charge >= 0.3 is 0 Å². The van der Waals surface area contributed by atoms with Crippen LogP contribution in [0.15, 0.2) is 60.8 Å². The summed E-state index contributed by atoms with van der Waals surface area (Å²) in [4.78, 5) is 29.3. The highest BCUT2D eigenvalue weighted by atomic mass is 16.5. The molecule has 0 unspecified atom stereocenters. The maximum atomic E-state index is 12.6. The average Bonchev–Trinajstić information content (AvgIpc) is 2.71. The fraction of sp³-hybridized carbons (Fsp3) is 0.136. The van der Waals surface area contributed by atoms with Gasteiger partial charge in [0.25, 0.3) is 11.8 Å². The van der Waals surface area contributed by atoms with Gasteiger partial charge in [-0.1, -0.05) is 24.3 Å². The van der Waals surface area contributed by atoms with Gasteiger partial charge in [-0.3, -0.25) is 14.6 Å². The molecule has 0 atom stereocenters. The predicted octanol–water partition coefficient (Wildman–Crippen LogP) is 4.21. The smallest absolute Gasteiger partial charge is 0.274 e. The monoisotopic (exact) mass is 375 g/mol. The first-order valence-corrected chi connectivity index (χ1v) is 8.77. The summed E-state index contributed by atoms with van der Waals surface area (Å²) < 4.78 is 5.23. The third-order valence-corrected chi connectivity index (χ3v) is 4.25. The predicted molar refractivity (Wildman–Crippen MR) is 109 cm³/mol. The third-order valence-electron chi connectivity index (χ3n) is 4.25. The maximum absolute atomic E-state index is 12.6. The van der Waals surface area contributed by atoms with Crippen molar-refractivity contribution < 1.29 is 14.3 Å². The van der Waals surface area contributed by atoms with Crippen LogP contribution in [0.2, 0.25) is 0 Å². The number of nitrogens with zero attached hydrogens (tertiary/aromatic N) is 1. The van der Waals surface area contributed by atoms with Gasteiger partial charge in [0.1, 0.15) is 11.4 Å². The van der Waals surface area contributed by atoms with E-state index in [0.29, 0.717) is 17.0 Å². The highest BCUT2D eigenvalue weighted by Crippen LogP contribution is 2.23. The number of aryl methyl sites for hydroxylation is 2. The van der Waals surface area contributed by atoms with E-state index >= 15 is 0 Å². The zero-order valence-corrected chi connectivity index (χ0v) is 15.9. The number of pyridine rings is 1. The fourth-order valence-electron chi connectivity index (χ4n) is 2.70. The lowest BCUT2D eigenvalue weighted by molar-refractivity contribution is 0.102. The molecule has 0 saturated carbocycles. The summed E-state index contributed by atoms with van der Waals surface area (Å²) >= 11 is 0. The van der Waals surface area contributed by atoms with Crippen LogP contribution in [0.5, 0.6) is 5.75 Å². The van der Waals surface area contributed by atoms with Crippen LogP contribution >= 0.6 is 0 Å². The normalized spacial score (nSPS) is 10.2. The molecule has 0 radical (unpaired) electrons. The summed E-state index contributed by atoms with van der Waals surface area (Å²) in [5.41, 5.74) is 3.76. The number of anilines is 2. The van der Waals surface area contributed by atoms with E-state index in [4.69, 9.17) is 4.74 Å². The number of carbonyl (C=O) groups excluding carboxylic acids is 2. The lowest BCUT2D eigenvalue weighted by Crippen LogP contribution is -2.17. The van der Waals surface area contributed by atoms with E-state index in [1.165, 1.54) is 19.4 Å². The van der Waals surface area contributed by atoms with Gasteiger partial charge in [-0.2, -0.15) is 0 Å². The van der Waals surface area contributed by atoms with Crippen LogP contribution in [-0.4, -0.2) is 23.9 Å². The Morgan fingerprint density at radius 1 is 0.893 bits per heavy atom. The minimum absolute atomic E-state index is 0.138. The van der Waals surface area contributed by atoms with Crippen LogP contribution in [-0.2, 0) is 0 Å². The zero-order valence-electron chi connectivity index (χ0n) is 15.9. The number of hydrogen-bond donors (Lipinski definition) is 2. The molecule has 2 amide bonds. The molecule has 0 spiro atoms. The lowest BCUT2D eigenvalue weighted by Gasteiger charge is -2.11. The molecule has 2 aromatic carbocycles. The van der Waals surface area contributed by atoms with E-state index in [-0.39, 0.29) is 11.6 Å². The lowest BCUT2D eigenvalue weighted by atomic mass is 10.1. The number of amides is 2. The Kier molecular flexibility index (Phi) is 5.69. The molecule has 6 nitrogen and oxygen atoms in total. The van der Waals surface area contributed by atoms with Crippen molar-refractivity contribution in [2.75, 3.05) is 17.7 Å². The Labute approximate surface area is 163 Å². The van der Waals surface area contributed by atoms with Gasteiger partial charge in [0, 0.05) is 17.4 Å². The molecule has 1 heterocycles. The first-order chi connectivity index (χ1) is 13.5. The van der Waals surface area contributed by atoms with Crippen molar-refractivity contribution in [1.29, 1.82) is 0 Å². The van der Waals surface area contributed by atoms with Crippen molar-refractivity contribution in [2.24, 2.45) is 0 Å². The number of para-hydroxylation sites is 2. The van der Waals surface area contributed by atoms with Gasteiger partial charge in [0.2, 0.25) is 0 Å². The number of carbonyl (C=O) groups is 2. The minimum Gasteiger partial charge on any atom is -0.495 e. The summed E-state index contributed by atoms with van der Waals surface area (Å²) in [5.74, 6) is -0.187. The summed E-state index contributed by atoms with van der Waals surface area (Å²) in [6.07, 6.45) is 1.44. The summed E-state index contributed by atoms with van der Waals surface area (Å²) in [7, 11) is 1.53. The Hall–Kier alpha value is -3.67. The molecule has 0 aliphatic rings. The molecule has 3 aromatic rings. The molecule has 3 rings (SSSR count). The van der Waals surface area contributed by atoms with Crippen molar-refractivity contribution >= 4 is 23.2 Å². The molecule has 0 aliphatic carbocycles. The number of benzene rings is 2. The molecule has 142 valence electrons. The summed E-state index contributed by atoms with van der Waals surface area (Å²) in [6, 6.07) is 16.0. The Bertz CT molecular complexity index is 1030. The highest BCUT2D eigenvalue weighted by molar-refractivity contribution is 6.08. The summed E-state index contributed by atoms with van der Waals surface area (Å²) in [5, 5.41) is 5.64. The topological polar surface area (TPSA) is 80.3 Å². The Morgan fingerprint density at radius 3 is 2.43 bits per heavy atom. The van der Waals surface area contributed by atoms with Gasteiger partial charge in [-0.05, 0) is 55.3 Å². The number of ether oxygens (including phenoxy) is 1. The number of hydrogen-bond acceptors (Lipinski definition) is 4. The first-order valence-electron chi connectivity index (χ1n) is 8.77. The van der Waals surface area contributed by atoms with Gasteiger partial charge in [0.15, 0.2) is 0 Å². The Morgan fingerprint density at radius 2 is 1.64 bits per heavy atom. The first kappa shape index (κ1) is 19.1. The van der Waals surface area contributed by atoms with Crippen molar-refractivity contribution in [2.45, 2.75) is 13.8 Å². The largest absolute Gasteiger partial charge is 0.495 e. The molecule has 0 fully saturated rings. The maximum Gasteiger partial charge on any atom is 0.274 e. The van der Waals surface area contributed by atoms with E-state index in [0.717, 1.165) is 16.8 Å². The summed E-state index contributed by atoms with van der Waals surface area (Å²) in [6.45, 7) is 3.88. The molecule has 2 N–H and O–H groups in total. The number of aromatic nitrogens is 1. The van der Waals surface area contributed by atoms with E-state index in [2.05, 4.69) is 15.6 Å². The molecule has 0 bridgehead atoms. The minimum atomic E-state index is -0.425. The van der Waals surface area contributed by atoms with Crippen molar-refractivity contribution in [3.05, 3.63) is 83.2 Å². The molecule has 0 aliphatic heterocycles. The molecule has 0 saturated heterocycles. The van der Waals surface area contributed by atoms with Crippen LogP contribution in [0.3, 0.4) is 0 Å². The van der Waals surface area contributed by atoms with Gasteiger partial charge < -0.3 is 15.4 Å². The van der Waals surface area contributed by atoms with E-state index < -0.39 is 5.91 Å². The number of nitrogens with one attached hydrogen (secondary N) is 2.